The molecule has 0 saturated carbocycles. The van der Waals surface area contributed by atoms with Gasteiger partial charge < -0.3 is 4.57 Å². The maximum absolute atomic E-state index is 4.12. The monoisotopic (exact) mass is 278 g/mol. The van der Waals surface area contributed by atoms with Gasteiger partial charge in [0, 0.05) is 30.4 Å². The van der Waals surface area contributed by atoms with E-state index in [2.05, 4.69) is 46.2 Å². The summed E-state index contributed by atoms with van der Waals surface area (Å²) in [5.41, 5.74) is 0. The molecule has 92 valence electrons. The van der Waals surface area contributed by atoms with Gasteiger partial charge >= 0.3 is 0 Å². The van der Waals surface area contributed by atoms with Gasteiger partial charge in [0.1, 0.15) is 0 Å². The van der Waals surface area contributed by atoms with E-state index in [1.165, 1.54) is 30.8 Å². The number of imidazole rings is 1. The Morgan fingerprint density at radius 1 is 1.38 bits per heavy atom. The molecule has 0 unspecified atom stereocenters. The maximum atomic E-state index is 4.12. The van der Waals surface area contributed by atoms with E-state index in [1.807, 2.05) is 12.5 Å². The summed E-state index contributed by atoms with van der Waals surface area (Å²) in [4.78, 5) is 4.12. The molecule has 1 aliphatic heterocycles. The zero-order chi connectivity index (χ0) is 10.6. The first-order valence-electron chi connectivity index (χ1n) is 5.58. The normalized spacial score (nSPS) is 18.3. The molecule has 1 aromatic rings. The average Bonchev–Trinajstić information content (AvgIpc) is 2.88. The van der Waals surface area contributed by atoms with Crippen LogP contribution in [0.4, 0.5) is 0 Å². The molecule has 1 aromatic heterocycles. The van der Waals surface area contributed by atoms with Gasteiger partial charge in [0.05, 0.1) is 10.4 Å². The molecule has 1 saturated heterocycles. The molecule has 2 heterocycles. The quantitative estimate of drug-likeness (QED) is 0.818. The van der Waals surface area contributed by atoms with Crippen molar-refractivity contribution in [3.8, 4) is 0 Å². The van der Waals surface area contributed by atoms with Crippen LogP contribution in [0.1, 0.15) is 26.2 Å². The van der Waals surface area contributed by atoms with Crippen LogP contribution in [0, 0.1) is 0 Å². The zero-order valence-electron chi connectivity index (χ0n) is 9.59. The Bertz CT molecular complexity index is 284. The van der Waals surface area contributed by atoms with Gasteiger partial charge in [-0.25, -0.2) is 4.98 Å². The smallest absolute Gasteiger partial charge is 0.0946 e. The number of hydrogen-bond acceptors (Lipinski definition) is 3. The van der Waals surface area contributed by atoms with E-state index in [1.54, 1.807) is 0 Å². The SMILES string of the molecule is CCCCC1(Cn2ccnc2)SCCS1.Cl. The summed E-state index contributed by atoms with van der Waals surface area (Å²) < 4.78 is 2.65. The van der Waals surface area contributed by atoms with E-state index in [4.69, 9.17) is 0 Å². The van der Waals surface area contributed by atoms with Crippen LogP contribution in [0.5, 0.6) is 0 Å². The van der Waals surface area contributed by atoms with E-state index in [0.29, 0.717) is 4.08 Å². The molecule has 0 aromatic carbocycles. The van der Waals surface area contributed by atoms with Crippen LogP contribution in [0.25, 0.3) is 0 Å². The van der Waals surface area contributed by atoms with Crippen LogP contribution < -0.4 is 0 Å². The van der Waals surface area contributed by atoms with E-state index in [9.17, 15) is 0 Å². The third-order valence-electron chi connectivity index (χ3n) is 2.71. The van der Waals surface area contributed by atoms with Crippen molar-refractivity contribution in [2.75, 3.05) is 11.5 Å². The highest BCUT2D eigenvalue weighted by Gasteiger charge is 2.35. The van der Waals surface area contributed by atoms with E-state index < -0.39 is 0 Å². The first kappa shape index (κ1) is 14.3. The van der Waals surface area contributed by atoms with Crippen molar-refractivity contribution < 1.29 is 0 Å². The van der Waals surface area contributed by atoms with Crippen molar-refractivity contribution in [1.29, 1.82) is 0 Å². The first-order valence-corrected chi connectivity index (χ1v) is 7.55. The second kappa shape index (κ2) is 6.82. The Labute approximate surface area is 112 Å². The molecule has 1 aliphatic rings. The molecule has 0 radical (unpaired) electrons. The number of hydrogen-bond donors (Lipinski definition) is 0. The summed E-state index contributed by atoms with van der Waals surface area (Å²) in [6, 6.07) is 0. The van der Waals surface area contributed by atoms with Gasteiger partial charge in [-0.1, -0.05) is 19.8 Å². The lowest BCUT2D eigenvalue weighted by atomic mass is 10.2. The summed E-state index contributed by atoms with van der Waals surface area (Å²) in [6.07, 6.45) is 9.86. The van der Waals surface area contributed by atoms with Gasteiger partial charge in [0.2, 0.25) is 0 Å². The first-order chi connectivity index (χ1) is 7.35. The molecular formula is C11H19ClN2S2. The Hall–Kier alpha value is 0.200. The van der Waals surface area contributed by atoms with Gasteiger partial charge in [-0.3, -0.25) is 0 Å². The molecule has 0 amide bonds. The van der Waals surface area contributed by atoms with Gasteiger partial charge in [0.25, 0.3) is 0 Å². The molecule has 0 spiro atoms. The molecule has 0 bridgehead atoms. The van der Waals surface area contributed by atoms with Gasteiger partial charge in [-0.2, -0.15) is 0 Å². The predicted molar refractivity (Wildman–Crippen MR) is 76.6 cm³/mol. The number of thioether (sulfide) groups is 2. The van der Waals surface area contributed by atoms with Gasteiger partial charge in [-0.15, -0.1) is 35.9 Å². The molecule has 1 fully saturated rings. The number of halogens is 1. The summed E-state index contributed by atoms with van der Waals surface area (Å²) in [5, 5.41) is 0. The third-order valence-corrected chi connectivity index (χ3v) is 6.21. The van der Waals surface area contributed by atoms with Crippen LogP contribution >= 0.6 is 35.9 Å². The van der Waals surface area contributed by atoms with Gasteiger partial charge in [0.15, 0.2) is 0 Å². The van der Waals surface area contributed by atoms with Crippen LogP contribution in [0.2, 0.25) is 0 Å². The molecule has 0 atom stereocenters. The fourth-order valence-corrected chi connectivity index (χ4v) is 5.22. The minimum atomic E-state index is 0. The lowest BCUT2D eigenvalue weighted by molar-refractivity contribution is 0.567. The molecule has 2 rings (SSSR count). The maximum Gasteiger partial charge on any atom is 0.0946 e. The Morgan fingerprint density at radius 2 is 2.12 bits per heavy atom. The number of unbranched alkanes of at least 4 members (excludes halogenated alkanes) is 1. The minimum absolute atomic E-state index is 0. The van der Waals surface area contributed by atoms with E-state index in [-0.39, 0.29) is 12.4 Å². The van der Waals surface area contributed by atoms with E-state index in [0.717, 1.165) is 6.54 Å². The summed E-state index contributed by atoms with van der Waals surface area (Å²) >= 11 is 4.28. The predicted octanol–water partition coefficient (Wildman–Crippen LogP) is 3.67. The fraction of sp³-hybridized carbons (Fsp3) is 0.727. The highest BCUT2D eigenvalue weighted by atomic mass is 35.5. The van der Waals surface area contributed by atoms with Crippen molar-refractivity contribution in [3.05, 3.63) is 18.7 Å². The topological polar surface area (TPSA) is 17.8 Å². The Morgan fingerprint density at radius 3 is 2.69 bits per heavy atom. The van der Waals surface area contributed by atoms with Crippen LogP contribution in [0.15, 0.2) is 18.7 Å². The Kier molecular flexibility index (Phi) is 6.08. The number of nitrogens with zero attached hydrogens (tertiary/aromatic N) is 2. The Balaban J connectivity index is 0.00000128. The molecule has 0 aliphatic carbocycles. The van der Waals surface area contributed by atoms with Gasteiger partial charge in [-0.05, 0) is 6.42 Å². The highest BCUT2D eigenvalue weighted by Crippen LogP contribution is 2.48. The third kappa shape index (κ3) is 3.60. The number of rotatable bonds is 5. The zero-order valence-corrected chi connectivity index (χ0v) is 12.0. The summed E-state index contributed by atoms with van der Waals surface area (Å²) in [6.45, 7) is 3.39. The molecule has 16 heavy (non-hydrogen) atoms. The summed E-state index contributed by atoms with van der Waals surface area (Å²) in [5.74, 6) is 2.62. The summed E-state index contributed by atoms with van der Waals surface area (Å²) in [7, 11) is 0. The van der Waals surface area contributed by atoms with Crippen LogP contribution in [-0.4, -0.2) is 25.1 Å². The fourth-order valence-electron chi connectivity index (χ4n) is 1.92. The van der Waals surface area contributed by atoms with Crippen molar-refractivity contribution in [1.82, 2.24) is 9.55 Å². The molecule has 2 nitrogen and oxygen atoms in total. The molecular weight excluding hydrogens is 260 g/mol. The largest absolute Gasteiger partial charge is 0.335 e. The second-order valence-electron chi connectivity index (χ2n) is 3.95. The van der Waals surface area contributed by atoms with Crippen LogP contribution in [0.3, 0.4) is 0 Å². The lowest BCUT2D eigenvalue weighted by Crippen LogP contribution is -2.24. The molecule has 5 heteroatoms. The average molecular weight is 279 g/mol. The number of aromatic nitrogens is 2. The van der Waals surface area contributed by atoms with Crippen LogP contribution in [-0.2, 0) is 6.54 Å². The van der Waals surface area contributed by atoms with Crippen molar-refractivity contribution >= 4 is 35.9 Å². The highest BCUT2D eigenvalue weighted by molar-refractivity contribution is 8.21. The second-order valence-corrected chi connectivity index (χ2v) is 7.16. The van der Waals surface area contributed by atoms with E-state index >= 15 is 0 Å². The molecule has 0 N–H and O–H groups in total. The lowest BCUT2D eigenvalue weighted by Gasteiger charge is -2.27. The van der Waals surface area contributed by atoms with Crippen molar-refractivity contribution in [2.45, 2.75) is 36.8 Å². The standard InChI is InChI=1S/C11H18N2S2.ClH/c1-2-3-4-11(14-7-8-15-11)9-13-6-5-12-10-13;/h5-6,10H,2-4,7-9H2,1H3;1H. The van der Waals surface area contributed by atoms with Crippen molar-refractivity contribution in [3.63, 3.8) is 0 Å². The minimum Gasteiger partial charge on any atom is -0.335 e. The van der Waals surface area contributed by atoms with Crippen molar-refractivity contribution in [2.24, 2.45) is 0 Å².